The number of aromatic nitrogens is 1. The molecular formula is C17H24N2S. The van der Waals surface area contributed by atoms with Gasteiger partial charge in [0.15, 0.2) is 0 Å². The van der Waals surface area contributed by atoms with Crippen LogP contribution < -0.4 is 5.32 Å². The molecule has 2 aromatic rings. The molecule has 1 aliphatic heterocycles. The maximum absolute atomic E-state index is 4.77. The number of rotatable bonds is 2. The van der Waals surface area contributed by atoms with Gasteiger partial charge in [0.2, 0.25) is 0 Å². The summed E-state index contributed by atoms with van der Waals surface area (Å²) in [6.45, 7) is 7.88. The van der Waals surface area contributed by atoms with Gasteiger partial charge in [-0.15, -0.1) is 11.3 Å². The first-order chi connectivity index (χ1) is 9.52. The number of fused-ring (bicyclic) bond motifs is 1. The van der Waals surface area contributed by atoms with Crippen LogP contribution in [0.4, 0.5) is 0 Å². The molecule has 108 valence electrons. The maximum Gasteiger partial charge on any atom is 0.0992 e. The van der Waals surface area contributed by atoms with Crippen LogP contribution in [0.3, 0.4) is 0 Å². The summed E-state index contributed by atoms with van der Waals surface area (Å²) in [7, 11) is 0. The molecular weight excluding hydrogens is 264 g/mol. The molecule has 0 aliphatic carbocycles. The molecule has 20 heavy (non-hydrogen) atoms. The van der Waals surface area contributed by atoms with E-state index in [1.165, 1.54) is 41.1 Å². The Morgan fingerprint density at radius 3 is 2.85 bits per heavy atom. The Balaban J connectivity index is 1.82. The second-order valence-corrected chi connectivity index (χ2v) is 7.95. The lowest BCUT2D eigenvalue weighted by atomic mass is 9.97. The zero-order valence-electron chi connectivity index (χ0n) is 12.7. The lowest BCUT2D eigenvalue weighted by Crippen LogP contribution is -2.35. The standard InChI is InChI=1S/C17H24N2S/c1-17(2,3)16-19-14-8-7-12(11-15(14)20-16)10-13-6-4-5-9-18-13/h7-8,11,13,18H,4-6,9-10H2,1-3H3. The van der Waals surface area contributed by atoms with Crippen molar-refractivity contribution in [3.63, 3.8) is 0 Å². The molecule has 1 aromatic carbocycles. The molecule has 1 saturated heterocycles. The molecule has 1 N–H and O–H groups in total. The van der Waals surface area contributed by atoms with Crippen molar-refractivity contribution in [1.82, 2.24) is 10.3 Å². The zero-order chi connectivity index (χ0) is 14.2. The van der Waals surface area contributed by atoms with Crippen LogP contribution in [0.5, 0.6) is 0 Å². The quantitative estimate of drug-likeness (QED) is 0.892. The Morgan fingerprint density at radius 1 is 1.30 bits per heavy atom. The average Bonchev–Trinajstić information content (AvgIpc) is 2.83. The van der Waals surface area contributed by atoms with Gasteiger partial charge in [0.1, 0.15) is 0 Å². The minimum Gasteiger partial charge on any atom is -0.314 e. The van der Waals surface area contributed by atoms with E-state index in [1.807, 2.05) is 11.3 Å². The number of thiazole rings is 1. The van der Waals surface area contributed by atoms with E-state index in [1.54, 1.807) is 0 Å². The summed E-state index contributed by atoms with van der Waals surface area (Å²) in [6.07, 6.45) is 5.17. The summed E-state index contributed by atoms with van der Waals surface area (Å²) in [5, 5.41) is 4.87. The Hall–Kier alpha value is -0.930. The van der Waals surface area contributed by atoms with Crippen LogP contribution in [0.1, 0.15) is 50.6 Å². The second-order valence-electron chi connectivity index (χ2n) is 6.92. The lowest BCUT2D eigenvalue weighted by Gasteiger charge is -2.23. The normalized spacial score (nSPS) is 20.4. The van der Waals surface area contributed by atoms with E-state index in [0.717, 1.165) is 11.9 Å². The highest BCUT2D eigenvalue weighted by Gasteiger charge is 2.19. The SMILES string of the molecule is CC(C)(C)c1nc2ccc(CC3CCCCN3)cc2s1. The van der Waals surface area contributed by atoms with Gasteiger partial charge in [0.25, 0.3) is 0 Å². The Morgan fingerprint density at radius 2 is 2.15 bits per heavy atom. The fraction of sp³-hybridized carbons (Fsp3) is 0.588. The molecule has 0 spiro atoms. The van der Waals surface area contributed by atoms with Crippen molar-refractivity contribution in [3.05, 3.63) is 28.8 Å². The Bertz CT molecular complexity index is 589. The van der Waals surface area contributed by atoms with Gasteiger partial charge in [0.05, 0.1) is 15.2 Å². The van der Waals surface area contributed by atoms with Crippen LogP contribution in [0.2, 0.25) is 0 Å². The molecule has 3 rings (SSSR count). The van der Waals surface area contributed by atoms with Crippen LogP contribution in [0.25, 0.3) is 10.2 Å². The van der Waals surface area contributed by atoms with Crippen LogP contribution in [0.15, 0.2) is 18.2 Å². The number of hydrogen-bond acceptors (Lipinski definition) is 3. The van der Waals surface area contributed by atoms with Gasteiger partial charge in [-0.3, -0.25) is 0 Å². The summed E-state index contributed by atoms with van der Waals surface area (Å²) in [5.41, 5.74) is 2.75. The molecule has 0 bridgehead atoms. The molecule has 1 aliphatic rings. The van der Waals surface area contributed by atoms with Crippen LogP contribution in [-0.2, 0) is 11.8 Å². The number of piperidine rings is 1. The summed E-state index contributed by atoms with van der Waals surface area (Å²) in [6, 6.07) is 7.46. The molecule has 0 amide bonds. The predicted molar refractivity (Wildman–Crippen MR) is 87.7 cm³/mol. The van der Waals surface area contributed by atoms with Gasteiger partial charge >= 0.3 is 0 Å². The highest BCUT2D eigenvalue weighted by Crippen LogP contribution is 2.31. The molecule has 3 heteroatoms. The van der Waals surface area contributed by atoms with Gasteiger partial charge in [-0.2, -0.15) is 0 Å². The third kappa shape index (κ3) is 3.04. The van der Waals surface area contributed by atoms with E-state index in [9.17, 15) is 0 Å². The number of hydrogen-bond donors (Lipinski definition) is 1. The van der Waals surface area contributed by atoms with Gasteiger partial charge in [-0.05, 0) is 43.5 Å². The van der Waals surface area contributed by atoms with E-state index in [2.05, 4.69) is 44.3 Å². The van der Waals surface area contributed by atoms with Crippen molar-refractivity contribution >= 4 is 21.6 Å². The first-order valence-electron chi connectivity index (χ1n) is 7.66. The first kappa shape index (κ1) is 14.0. The molecule has 1 fully saturated rings. The molecule has 1 aromatic heterocycles. The number of nitrogens with zero attached hydrogens (tertiary/aromatic N) is 1. The minimum atomic E-state index is 0.148. The monoisotopic (exact) mass is 288 g/mol. The van der Waals surface area contributed by atoms with Crippen LogP contribution >= 0.6 is 11.3 Å². The summed E-state index contributed by atoms with van der Waals surface area (Å²) >= 11 is 1.85. The lowest BCUT2D eigenvalue weighted by molar-refractivity contribution is 0.399. The highest BCUT2D eigenvalue weighted by atomic mass is 32.1. The molecule has 0 saturated carbocycles. The van der Waals surface area contributed by atoms with E-state index in [0.29, 0.717) is 6.04 Å². The predicted octanol–water partition coefficient (Wildman–Crippen LogP) is 4.28. The summed E-state index contributed by atoms with van der Waals surface area (Å²) in [4.78, 5) is 4.77. The van der Waals surface area contributed by atoms with E-state index in [-0.39, 0.29) is 5.41 Å². The van der Waals surface area contributed by atoms with Crippen molar-refractivity contribution < 1.29 is 0 Å². The Labute approximate surface area is 125 Å². The number of benzene rings is 1. The fourth-order valence-corrected chi connectivity index (χ4v) is 3.89. The van der Waals surface area contributed by atoms with E-state index < -0.39 is 0 Å². The Kier molecular flexibility index (Phi) is 3.83. The fourth-order valence-electron chi connectivity index (χ4n) is 2.80. The van der Waals surface area contributed by atoms with Crippen molar-refractivity contribution in [2.45, 2.75) is 57.9 Å². The van der Waals surface area contributed by atoms with Crippen LogP contribution in [0, 0.1) is 0 Å². The molecule has 0 radical (unpaired) electrons. The third-order valence-corrected chi connectivity index (χ3v) is 5.43. The van der Waals surface area contributed by atoms with Crippen molar-refractivity contribution in [2.75, 3.05) is 6.54 Å². The maximum atomic E-state index is 4.77. The molecule has 2 heterocycles. The summed E-state index contributed by atoms with van der Waals surface area (Å²) < 4.78 is 1.34. The van der Waals surface area contributed by atoms with E-state index in [4.69, 9.17) is 4.98 Å². The highest BCUT2D eigenvalue weighted by molar-refractivity contribution is 7.18. The minimum absolute atomic E-state index is 0.148. The average molecular weight is 288 g/mol. The van der Waals surface area contributed by atoms with Gasteiger partial charge in [-0.25, -0.2) is 4.98 Å². The molecule has 1 atom stereocenters. The van der Waals surface area contributed by atoms with Gasteiger partial charge < -0.3 is 5.32 Å². The summed E-state index contributed by atoms with van der Waals surface area (Å²) in [5.74, 6) is 0. The second kappa shape index (κ2) is 5.45. The molecule has 1 unspecified atom stereocenters. The smallest absolute Gasteiger partial charge is 0.0992 e. The van der Waals surface area contributed by atoms with Gasteiger partial charge in [-0.1, -0.05) is 33.3 Å². The van der Waals surface area contributed by atoms with E-state index >= 15 is 0 Å². The van der Waals surface area contributed by atoms with Crippen LogP contribution in [-0.4, -0.2) is 17.6 Å². The molecule has 2 nitrogen and oxygen atoms in total. The largest absolute Gasteiger partial charge is 0.314 e. The van der Waals surface area contributed by atoms with Gasteiger partial charge in [0, 0.05) is 11.5 Å². The number of nitrogens with one attached hydrogen (secondary N) is 1. The third-order valence-electron chi connectivity index (χ3n) is 3.99. The van der Waals surface area contributed by atoms with Crippen molar-refractivity contribution in [3.8, 4) is 0 Å². The zero-order valence-corrected chi connectivity index (χ0v) is 13.5. The van der Waals surface area contributed by atoms with Crippen molar-refractivity contribution in [1.29, 1.82) is 0 Å². The topological polar surface area (TPSA) is 24.9 Å². The first-order valence-corrected chi connectivity index (χ1v) is 8.47. The van der Waals surface area contributed by atoms with Crippen molar-refractivity contribution in [2.24, 2.45) is 0 Å².